The monoisotopic (exact) mass is 463 g/mol. The quantitative estimate of drug-likeness (QED) is 0.370. The Morgan fingerprint density at radius 1 is 1.36 bits per heavy atom. The van der Waals surface area contributed by atoms with Crippen LogP contribution in [0.3, 0.4) is 0 Å². The molecule has 2 heterocycles. The van der Waals surface area contributed by atoms with Crippen molar-refractivity contribution in [2.45, 2.75) is 52.5 Å². The van der Waals surface area contributed by atoms with Crippen molar-refractivity contribution in [2.75, 3.05) is 33.2 Å². The Balaban J connectivity index is 0.00000312. The molecule has 0 amide bonds. The van der Waals surface area contributed by atoms with Crippen molar-refractivity contribution in [2.24, 2.45) is 10.9 Å². The number of nitrogens with zero attached hydrogens (tertiary/aromatic N) is 3. The third-order valence-corrected chi connectivity index (χ3v) is 4.82. The second-order valence-electron chi connectivity index (χ2n) is 6.89. The fourth-order valence-corrected chi connectivity index (χ4v) is 3.06. The van der Waals surface area contributed by atoms with Crippen molar-refractivity contribution in [1.29, 1.82) is 0 Å². The largest absolute Gasteiger partial charge is 0.359 e. The summed E-state index contributed by atoms with van der Waals surface area (Å²) in [4.78, 5) is 6.81. The molecule has 0 aliphatic carbocycles. The fraction of sp³-hybridized carbons (Fsp3) is 0.778. The molecular formula is C18H34IN5O. The minimum atomic E-state index is 0. The van der Waals surface area contributed by atoms with Crippen LogP contribution >= 0.6 is 24.0 Å². The number of halogens is 1. The molecule has 1 fully saturated rings. The maximum atomic E-state index is 5.34. The van der Waals surface area contributed by atoms with Crippen LogP contribution in [-0.4, -0.2) is 49.2 Å². The molecule has 1 aliphatic heterocycles. The van der Waals surface area contributed by atoms with E-state index in [4.69, 9.17) is 4.52 Å². The molecule has 0 radical (unpaired) electrons. The van der Waals surface area contributed by atoms with E-state index in [9.17, 15) is 0 Å². The van der Waals surface area contributed by atoms with E-state index in [1.165, 1.54) is 38.9 Å². The van der Waals surface area contributed by atoms with Gasteiger partial charge in [-0.1, -0.05) is 25.9 Å². The minimum Gasteiger partial charge on any atom is -0.359 e. The van der Waals surface area contributed by atoms with Crippen molar-refractivity contribution in [3.05, 3.63) is 17.5 Å². The van der Waals surface area contributed by atoms with Crippen LogP contribution in [0.1, 0.15) is 57.4 Å². The molecule has 6 nitrogen and oxygen atoms in total. The smallest absolute Gasteiger partial charge is 0.191 e. The van der Waals surface area contributed by atoms with Crippen molar-refractivity contribution >= 4 is 29.9 Å². The van der Waals surface area contributed by atoms with Crippen LogP contribution in [0.4, 0.5) is 0 Å². The molecule has 1 aromatic rings. The molecule has 144 valence electrons. The maximum Gasteiger partial charge on any atom is 0.191 e. The number of aliphatic imine (C=N–C) groups is 1. The van der Waals surface area contributed by atoms with Crippen LogP contribution in [0.15, 0.2) is 15.6 Å². The van der Waals surface area contributed by atoms with Crippen molar-refractivity contribution in [1.82, 2.24) is 20.7 Å². The third kappa shape index (κ3) is 7.52. The highest BCUT2D eigenvalue weighted by molar-refractivity contribution is 14.0. The summed E-state index contributed by atoms with van der Waals surface area (Å²) in [5.41, 5.74) is 0.994. The molecule has 2 rings (SSSR count). The van der Waals surface area contributed by atoms with Gasteiger partial charge in [-0.2, -0.15) is 0 Å². The minimum absolute atomic E-state index is 0. The number of nitrogens with one attached hydrogen (secondary N) is 2. The van der Waals surface area contributed by atoms with Crippen LogP contribution in [0.5, 0.6) is 0 Å². The fourth-order valence-electron chi connectivity index (χ4n) is 3.06. The summed E-state index contributed by atoms with van der Waals surface area (Å²) in [6.45, 7) is 11.7. The second-order valence-corrected chi connectivity index (χ2v) is 6.89. The first-order chi connectivity index (χ1) is 11.6. The van der Waals surface area contributed by atoms with Gasteiger partial charge in [0.25, 0.3) is 0 Å². The maximum absolute atomic E-state index is 5.34. The number of guanidine groups is 1. The highest BCUT2D eigenvalue weighted by atomic mass is 127. The molecular weight excluding hydrogens is 429 g/mol. The van der Waals surface area contributed by atoms with Crippen LogP contribution in [0.2, 0.25) is 0 Å². The highest BCUT2D eigenvalue weighted by Crippen LogP contribution is 2.19. The lowest BCUT2D eigenvalue weighted by atomic mass is 9.93. The lowest BCUT2D eigenvalue weighted by Gasteiger charge is -2.31. The summed E-state index contributed by atoms with van der Waals surface area (Å²) < 4.78 is 5.34. The first kappa shape index (κ1) is 22.2. The van der Waals surface area contributed by atoms with Crippen LogP contribution in [0.25, 0.3) is 0 Å². The molecule has 0 bridgehead atoms. The summed E-state index contributed by atoms with van der Waals surface area (Å²) in [7, 11) is 1.80. The van der Waals surface area contributed by atoms with Gasteiger partial charge in [-0.3, -0.25) is 4.99 Å². The van der Waals surface area contributed by atoms with E-state index in [0.29, 0.717) is 12.5 Å². The van der Waals surface area contributed by atoms with Gasteiger partial charge in [0.15, 0.2) is 11.7 Å². The van der Waals surface area contributed by atoms with E-state index < -0.39 is 0 Å². The number of hydrogen-bond acceptors (Lipinski definition) is 4. The Kier molecular flexibility index (Phi) is 10.4. The van der Waals surface area contributed by atoms with Crippen molar-refractivity contribution in [3.63, 3.8) is 0 Å². The summed E-state index contributed by atoms with van der Waals surface area (Å²) in [6.07, 6.45) is 3.84. The first-order valence-electron chi connectivity index (χ1n) is 9.24. The van der Waals surface area contributed by atoms with E-state index in [0.717, 1.165) is 29.9 Å². The zero-order valence-corrected chi connectivity index (χ0v) is 18.4. The van der Waals surface area contributed by atoms with E-state index in [1.54, 1.807) is 7.05 Å². The average Bonchev–Trinajstić information content (AvgIpc) is 3.08. The number of likely N-dealkylation sites (tertiary alicyclic amines) is 1. The lowest BCUT2D eigenvalue weighted by molar-refractivity contribution is 0.187. The third-order valence-electron chi connectivity index (χ3n) is 4.82. The lowest BCUT2D eigenvalue weighted by Crippen LogP contribution is -2.39. The molecule has 0 spiro atoms. The number of piperidine rings is 1. The van der Waals surface area contributed by atoms with Crippen LogP contribution in [0, 0.1) is 5.92 Å². The summed E-state index contributed by atoms with van der Waals surface area (Å²) in [6, 6.07) is 2.01. The van der Waals surface area contributed by atoms with Crippen LogP contribution in [-0.2, 0) is 6.54 Å². The van der Waals surface area contributed by atoms with Gasteiger partial charge in [0.1, 0.15) is 0 Å². The average molecular weight is 463 g/mol. The SMILES string of the molecule is CCN1CCC(CCNC(=NC)NCc2cc(C(C)C)no2)CC1.I. The number of aromatic nitrogens is 1. The van der Waals surface area contributed by atoms with Crippen molar-refractivity contribution < 1.29 is 4.52 Å². The standard InChI is InChI=1S/C18H33N5O.HI/c1-5-23-10-7-15(8-11-23)6-9-20-18(19-4)21-13-16-12-17(14(2)3)22-24-16;/h12,14-15H,5-11,13H2,1-4H3,(H2,19,20,21);1H. The Morgan fingerprint density at radius 3 is 2.64 bits per heavy atom. The van der Waals surface area contributed by atoms with Gasteiger partial charge in [-0.25, -0.2) is 0 Å². The summed E-state index contributed by atoms with van der Waals surface area (Å²) in [5, 5.41) is 10.8. The predicted octanol–water partition coefficient (Wildman–Crippen LogP) is 3.20. The molecule has 25 heavy (non-hydrogen) atoms. The van der Waals surface area contributed by atoms with E-state index in [1.807, 2.05) is 6.07 Å². The van der Waals surface area contributed by atoms with Crippen molar-refractivity contribution in [3.8, 4) is 0 Å². The predicted molar refractivity (Wildman–Crippen MR) is 114 cm³/mol. The topological polar surface area (TPSA) is 65.7 Å². The van der Waals surface area contributed by atoms with Gasteiger partial charge in [0, 0.05) is 19.7 Å². The van der Waals surface area contributed by atoms with Gasteiger partial charge in [-0.15, -0.1) is 24.0 Å². The molecule has 2 N–H and O–H groups in total. The van der Waals surface area contributed by atoms with Gasteiger partial charge in [-0.05, 0) is 50.7 Å². The molecule has 1 aromatic heterocycles. The first-order valence-corrected chi connectivity index (χ1v) is 9.24. The molecule has 0 saturated carbocycles. The molecule has 1 aliphatic rings. The number of rotatable bonds is 7. The van der Waals surface area contributed by atoms with E-state index >= 15 is 0 Å². The van der Waals surface area contributed by atoms with Gasteiger partial charge >= 0.3 is 0 Å². The zero-order valence-electron chi connectivity index (χ0n) is 16.0. The molecule has 0 aromatic carbocycles. The Morgan fingerprint density at radius 2 is 2.08 bits per heavy atom. The normalized spacial score (nSPS) is 16.8. The highest BCUT2D eigenvalue weighted by Gasteiger charge is 2.17. The summed E-state index contributed by atoms with van der Waals surface area (Å²) >= 11 is 0. The molecule has 0 unspecified atom stereocenters. The number of hydrogen-bond donors (Lipinski definition) is 2. The van der Waals surface area contributed by atoms with E-state index in [-0.39, 0.29) is 24.0 Å². The Labute approximate surface area is 169 Å². The Bertz CT molecular complexity index is 509. The molecule has 1 saturated heterocycles. The van der Waals surface area contributed by atoms with Gasteiger partial charge < -0.3 is 20.1 Å². The molecule has 0 atom stereocenters. The second kappa shape index (κ2) is 11.7. The zero-order chi connectivity index (χ0) is 17.4. The van der Waals surface area contributed by atoms with Gasteiger partial charge in [0.2, 0.25) is 0 Å². The molecule has 7 heteroatoms. The Hall–Kier alpha value is -0.830. The summed E-state index contributed by atoms with van der Waals surface area (Å²) in [5.74, 6) is 2.89. The van der Waals surface area contributed by atoms with E-state index in [2.05, 4.69) is 46.5 Å². The van der Waals surface area contributed by atoms with Crippen LogP contribution < -0.4 is 10.6 Å². The van der Waals surface area contributed by atoms with Gasteiger partial charge in [0.05, 0.1) is 12.2 Å².